The van der Waals surface area contributed by atoms with Crippen LogP contribution in [0.3, 0.4) is 0 Å². The first kappa shape index (κ1) is 7.25. The number of hydrogen-bond acceptors (Lipinski definition) is 0. The molecule has 0 aromatic heterocycles. The summed E-state index contributed by atoms with van der Waals surface area (Å²) in [5.41, 5.74) is 0. The SMILES string of the molecule is C[N+](C)=CC(Cl)Cl. The molecule has 0 aliphatic rings. The summed E-state index contributed by atoms with van der Waals surface area (Å²) in [5, 5.41) is 0. The van der Waals surface area contributed by atoms with Crippen LogP contribution in [0.4, 0.5) is 0 Å². The summed E-state index contributed by atoms with van der Waals surface area (Å²) < 4.78 is 1.81. The van der Waals surface area contributed by atoms with Gasteiger partial charge in [0.05, 0.1) is 0 Å². The lowest BCUT2D eigenvalue weighted by molar-refractivity contribution is -0.459. The van der Waals surface area contributed by atoms with E-state index in [9.17, 15) is 0 Å². The summed E-state index contributed by atoms with van der Waals surface area (Å²) in [6.07, 6.45) is 1.70. The minimum absolute atomic E-state index is 0.380. The van der Waals surface area contributed by atoms with E-state index in [1.54, 1.807) is 6.21 Å². The summed E-state index contributed by atoms with van der Waals surface area (Å²) in [6.45, 7) is 0. The van der Waals surface area contributed by atoms with E-state index in [0.29, 0.717) is 0 Å². The van der Waals surface area contributed by atoms with Gasteiger partial charge in [0, 0.05) is 0 Å². The highest BCUT2D eigenvalue weighted by molar-refractivity contribution is 6.51. The van der Waals surface area contributed by atoms with Crippen LogP contribution in [0.5, 0.6) is 0 Å². The van der Waals surface area contributed by atoms with E-state index in [4.69, 9.17) is 23.2 Å². The molecule has 0 saturated carbocycles. The van der Waals surface area contributed by atoms with Gasteiger partial charge in [-0.3, -0.25) is 0 Å². The summed E-state index contributed by atoms with van der Waals surface area (Å²) in [7, 11) is 3.75. The Bertz CT molecular complexity index is 73.8. The van der Waals surface area contributed by atoms with Crippen molar-refractivity contribution in [1.82, 2.24) is 0 Å². The van der Waals surface area contributed by atoms with Gasteiger partial charge in [-0.2, -0.15) is 0 Å². The second kappa shape index (κ2) is 3.28. The maximum atomic E-state index is 5.34. The lowest BCUT2D eigenvalue weighted by Crippen LogP contribution is -2.03. The fourth-order valence-corrected chi connectivity index (χ4v) is 0.676. The first-order valence-corrected chi connectivity index (χ1v) is 2.80. The van der Waals surface area contributed by atoms with E-state index >= 15 is 0 Å². The van der Waals surface area contributed by atoms with Crippen molar-refractivity contribution in [2.24, 2.45) is 0 Å². The van der Waals surface area contributed by atoms with Gasteiger partial charge in [-0.1, -0.05) is 23.2 Å². The predicted molar refractivity (Wildman–Crippen MR) is 33.7 cm³/mol. The normalized spacial score (nSPS) is 9.29. The lowest BCUT2D eigenvalue weighted by Gasteiger charge is -1.84. The topological polar surface area (TPSA) is 3.01 Å². The minimum Gasteiger partial charge on any atom is -0.243 e. The van der Waals surface area contributed by atoms with Crippen LogP contribution in [0.15, 0.2) is 0 Å². The van der Waals surface area contributed by atoms with E-state index in [0.717, 1.165) is 0 Å². The van der Waals surface area contributed by atoms with Gasteiger partial charge in [-0.15, -0.1) is 0 Å². The number of alkyl halides is 2. The maximum Gasteiger partial charge on any atom is 0.183 e. The molecule has 0 aliphatic carbocycles. The van der Waals surface area contributed by atoms with Crippen molar-refractivity contribution < 1.29 is 4.58 Å². The number of rotatable bonds is 1. The third-order valence-electron chi connectivity index (χ3n) is 0.411. The fraction of sp³-hybridized carbons (Fsp3) is 0.750. The molecule has 0 unspecified atom stereocenters. The van der Waals surface area contributed by atoms with Crippen molar-refractivity contribution in [1.29, 1.82) is 0 Å². The standard InChI is InChI=1S/C4H8Cl2N/c1-7(2)3-4(5)6/h3-4H,1-2H3/q+1. The molecule has 0 aromatic rings. The van der Waals surface area contributed by atoms with Crippen LogP contribution in [0.2, 0.25) is 0 Å². The van der Waals surface area contributed by atoms with Gasteiger partial charge in [-0.05, 0) is 0 Å². The van der Waals surface area contributed by atoms with Gasteiger partial charge in [0.2, 0.25) is 0 Å². The zero-order chi connectivity index (χ0) is 5.86. The Kier molecular flexibility index (Phi) is 3.39. The third kappa shape index (κ3) is 6.25. The lowest BCUT2D eigenvalue weighted by atomic mass is 10.8. The number of halogens is 2. The van der Waals surface area contributed by atoms with Crippen molar-refractivity contribution >= 4 is 29.4 Å². The molecule has 0 bridgehead atoms. The van der Waals surface area contributed by atoms with E-state index in [2.05, 4.69) is 0 Å². The smallest absolute Gasteiger partial charge is 0.183 e. The van der Waals surface area contributed by atoms with Crippen LogP contribution in [-0.4, -0.2) is 29.7 Å². The largest absolute Gasteiger partial charge is 0.243 e. The predicted octanol–water partition coefficient (Wildman–Crippen LogP) is 1.13. The second-order valence-corrected chi connectivity index (χ2v) is 2.61. The van der Waals surface area contributed by atoms with Crippen LogP contribution >= 0.6 is 23.2 Å². The Hall–Kier alpha value is 0.250. The number of hydrogen-bond donors (Lipinski definition) is 0. The van der Waals surface area contributed by atoms with Crippen LogP contribution in [0.1, 0.15) is 0 Å². The Morgan fingerprint density at radius 3 is 1.86 bits per heavy atom. The average molecular weight is 141 g/mol. The summed E-state index contributed by atoms with van der Waals surface area (Å²) in [5.74, 6) is 0. The third-order valence-corrected chi connectivity index (χ3v) is 0.636. The van der Waals surface area contributed by atoms with Gasteiger partial charge in [0.25, 0.3) is 0 Å². The van der Waals surface area contributed by atoms with Crippen molar-refractivity contribution in [3.63, 3.8) is 0 Å². The molecule has 3 heteroatoms. The first-order valence-electron chi connectivity index (χ1n) is 1.92. The van der Waals surface area contributed by atoms with Crippen molar-refractivity contribution in [2.75, 3.05) is 14.1 Å². The zero-order valence-corrected chi connectivity index (χ0v) is 5.87. The molecule has 0 heterocycles. The molecular formula is C4H8Cl2N+. The second-order valence-electron chi connectivity index (χ2n) is 1.45. The Balaban J connectivity index is 3.45. The van der Waals surface area contributed by atoms with E-state index in [-0.39, 0.29) is 4.84 Å². The highest BCUT2D eigenvalue weighted by atomic mass is 35.5. The molecule has 0 atom stereocenters. The van der Waals surface area contributed by atoms with Crippen molar-refractivity contribution in [3.8, 4) is 0 Å². The Morgan fingerprint density at radius 1 is 1.43 bits per heavy atom. The highest BCUT2D eigenvalue weighted by Crippen LogP contribution is 1.94. The van der Waals surface area contributed by atoms with Gasteiger partial charge in [-0.25, -0.2) is 4.58 Å². The van der Waals surface area contributed by atoms with E-state index in [1.165, 1.54) is 0 Å². The molecule has 0 aromatic carbocycles. The molecule has 0 radical (unpaired) electrons. The van der Waals surface area contributed by atoms with Gasteiger partial charge in [0.15, 0.2) is 11.1 Å². The molecular weight excluding hydrogens is 133 g/mol. The Morgan fingerprint density at radius 2 is 1.86 bits per heavy atom. The van der Waals surface area contributed by atoms with Crippen LogP contribution < -0.4 is 0 Å². The maximum absolute atomic E-state index is 5.34. The van der Waals surface area contributed by atoms with Crippen LogP contribution in [0, 0.1) is 0 Å². The molecule has 42 valence electrons. The Labute approximate surface area is 53.5 Å². The number of nitrogens with zero attached hydrogens (tertiary/aromatic N) is 1. The van der Waals surface area contributed by atoms with Gasteiger partial charge < -0.3 is 0 Å². The fourth-order valence-electron chi connectivity index (χ4n) is 0.225. The minimum atomic E-state index is -0.380. The summed E-state index contributed by atoms with van der Waals surface area (Å²) >= 11 is 10.7. The molecule has 0 amide bonds. The van der Waals surface area contributed by atoms with Crippen molar-refractivity contribution in [3.05, 3.63) is 0 Å². The van der Waals surface area contributed by atoms with E-state index in [1.807, 2.05) is 18.7 Å². The van der Waals surface area contributed by atoms with Crippen molar-refractivity contribution in [2.45, 2.75) is 4.84 Å². The average Bonchev–Trinajstić information content (AvgIpc) is 1.27. The molecule has 0 aliphatic heterocycles. The summed E-state index contributed by atoms with van der Waals surface area (Å²) in [4.78, 5) is -0.380. The molecule has 0 fully saturated rings. The molecule has 7 heavy (non-hydrogen) atoms. The molecule has 0 N–H and O–H groups in total. The molecule has 1 nitrogen and oxygen atoms in total. The molecule has 0 spiro atoms. The van der Waals surface area contributed by atoms with E-state index < -0.39 is 0 Å². The molecule has 0 rings (SSSR count). The highest BCUT2D eigenvalue weighted by Gasteiger charge is 1.94. The monoisotopic (exact) mass is 140 g/mol. The zero-order valence-electron chi connectivity index (χ0n) is 4.36. The molecule has 0 saturated heterocycles. The van der Waals surface area contributed by atoms with Crippen LogP contribution in [0.25, 0.3) is 0 Å². The first-order chi connectivity index (χ1) is 3.13. The quantitative estimate of drug-likeness (QED) is 0.292. The van der Waals surface area contributed by atoms with Gasteiger partial charge >= 0.3 is 0 Å². The van der Waals surface area contributed by atoms with Crippen LogP contribution in [-0.2, 0) is 0 Å². The summed E-state index contributed by atoms with van der Waals surface area (Å²) in [6, 6.07) is 0. The van der Waals surface area contributed by atoms with Gasteiger partial charge in [0.1, 0.15) is 14.1 Å².